The van der Waals surface area contributed by atoms with Crippen LogP contribution in [0, 0.1) is 0 Å². The predicted molar refractivity (Wildman–Crippen MR) is 198 cm³/mol. The van der Waals surface area contributed by atoms with Gasteiger partial charge in [-0.15, -0.1) is 0 Å². The molecule has 0 amide bonds. The number of rotatable bonds is 8. The van der Waals surface area contributed by atoms with Gasteiger partial charge in [-0.05, 0) is 69.4 Å². The lowest BCUT2D eigenvalue weighted by Gasteiger charge is -2.08. The van der Waals surface area contributed by atoms with Gasteiger partial charge in [0.15, 0.2) is 0 Å². The van der Waals surface area contributed by atoms with E-state index in [0.717, 1.165) is 55.5 Å². The summed E-state index contributed by atoms with van der Waals surface area (Å²) in [5.74, 6) is 1.87. The second kappa shape index (κ2) is 13.5. The molecule has 6 aromatic heterocycles. The number of ether oxygens (including phenoxy) is 2. The van der Waals surface area contributed by atoms with Gasteiger partial charge in [0.05, 0.1) is 44.3 Å². The first-order chi connectivity index (χ1) is 26.5. The molecule has 0 atom stereocenters. The van der Waals surface area contributed by atoms with Gasteiger partial charge in [-0.2, -0.15) is 9.97 Å². The number of aromatic nitrogens is 15. The summed E-state index contributed by atoms with van der Waals surface area (Å²) in [5, 5.41) is 24.6. The maximum atomic E-state index is 6.06. The van der Waals surface area contributed by atoms with Crippen molar-refractivity contribution in [3.05, 3.63) is 121 Å². The van der Waals surface area contributed by atoms with Crippen LogP contribution in [0.15, 0.2) is 109 Å². The second-order valence-electron chi connectivity index (χ2n) is 12.3. The standard InChI is InChI=1S/C19H15N7O.C18H16N8O/c1-25-18(22-23-24-25)26-17-9-5-4-8-16(17)21-19(26)27-12-14-11-10-13-6-2-3-7-15(13)20-14;1-24-14-9-5-3-7-12(14)19-16(24)11-27-18-20-13-8-4-6-10-15(13)26(18)17-21-22-23-25(17)2/h2-11H,12H2,1H3;3-10H,11H2,1-2H3. The van der Waals surface area contributed by atoms with E-state index < -0.39 is 0 Å². The van der Waals surface area contributed by atoms with E-state index in [4.69, 9.17) is 9.47 Å². The predicted octanol–water partition coefficient (Wildman–Crippen LogP) is 4.69. The topological polar surface area (TPSA) is 172 Å². The average Bonchev–Trinajstić information content (AvgIpc) is 4.03. The van der Waals surface area contributed by atoms with Crippen LogP contribution in [0.25, 0.3) is 55.9 Å². The van der Waals surface area contributed by atoms with Crippen LogP contribution in [0.4, 0.5) is 0 Å². The van der Waals surface area contributed by atoms with Crippen molar-refractivity contribution in [3.8, 4) is 23.9 Å². The molecule has 6 heterocycles. The largest absolute Gasteiger partial charge is 0.458 e. The quantitative estimate of drug-likeness (QED) is 0.213. The van der Waals surface area contributed by atoms with Crippen molar-refractivity contribution in [1.29, 1.82) is 0 Å². The number of hydrogen-bond acceptors (Lipinski definition) is 12. The lowest BCUT2D eigenvalue weighted by Crippen LogP contribution is -2.10. The second-order valence-corrected chi connectivity index (χ2v) is 12.3. The lowest BCUT2D eigenvalue weighted by molar-refractivity contribution is 0.264. The Kier molecular flexibility index (Phi) is 8.11. The van der Waals surface area contributed by atoms with Gasteiger partial charge in [0, 0.05) is 26.5 Å². The molecule has 54 heavy (non-hydrogen) atoms. The first kappa shape index (κ1) is 32.4. The van der Waals surface area contributed by atoms with E-state index in [-0.39, 0.29) is 6.61 Å². The van der Waals surface area contributed by atoms with Crippen LogP contribution in [0.5, 0.6) is 12.0 Å². The minimum atomic E-state index is 0.278. The highest BCUT2D eigenvalue weighted by Crippen LogP contribution is 2.27. The van der Waals surface area contributed by atoms with Crippen molar-refractivity contribution >= 4 is 44.0 Å². The smallest absolute Gasteiger partial charge is 0.305 e. The van der Waals surface area contributed by atoms with E-state index >= 15 is 0 Å². The van der Waals surface area contributed by atoms with Gasteiger partial charge in [-0.1, -0.05) is 70.9 Å². The molecule has 0 saturated heterocycles. The molecule has 0 unspecified atom stereocenters. The van der Waals surface area contributed by atoms with Gasteiger partial charge in [-0.3, -0.25) is 0 Å². The van der Waals surface area contributed by atoms with Crippen LogP contribution in [0.3, 0.4) is 0 Å². The fraction of sp³-hybridized carbons (Fsp3) is 0.135. The SMILES string of the molecule is Cn1nnnc1-n1c(OCc2ccc3ccccc3n2)nc2ccccc21.Cn1nnnc1-n1c(OCc2nc3ccccc3n2C)nc2ccccc21. The molecule has 0 aliphatic rings. The molecule has 0 N–H and O–H groups in total. The Balaban J connectivity index is 0.000000142. The molecular formula is C37H31N15O2. The van der Waals surface area contributed by atoms with E-state index in [9.17, 15) is 0 Å². The third kappa shape index (κ3) is 5.88. The van der Waals surface area contributed by atoms with E-state index in [1.165, 1.54) is 0 Å². The van der Waals surface area contributed by atoms with Gasteiger partial charge in [0.25, 0.3) is 11.9 Å². The summed E-state index contributed by atoms with van der Waals surface area (Å²) < 4.78 is 20.9. The van der Waals surface area contributed by atoms with Crippen LogP contribution in [0.1, 0.15) is 11.5 Å². The molecule has 266 valence electrons. The Labute approximate surface area is 306 Å². The highest BCUT2D eigenvalue weighted by Gasteiger charge is 2.20. The zero-order chi connectivity index (χ0) is 36.6. The first-order valence-corrected chi connectivity index (χ1v) is 16.9. The number of benzene rings is 4. The Morgan fingerprint density at radius 1 is 0.481 bits per heavy atom. The Morgan fingerprint density at radius 3 is 1.54 bits per heavy atom. The van der Waals surface area contributed by atoms with E-state index in [2.05, 4.69) is 51.0 Å². The summed E-state index contributed by atoms with van der Waals surface area (Å²) in [6.45, 7) is 0.569. The molecule has 17 nitrogen and oxygen atoms in total. The number of hydrogen-bond donors (Lipinski definition) is 0. The van der Waals surface area contributed by atoms with Crippen molar-refractivity contribution in [2.75, 3.05) is 0 Å². The number of aryl methyl sites for hydroxylation is 3. The minimum Gasteiger partial charge on any atom is -0.458 e. The fourth-order valence-corrected chi connectivity index (χ4v) is 6.20. The van der Waals surface area contributed by atoms with Crippen LogP contribution in [-0.4, -0.2) is 74.1 Å². The average molecular weight is 718 g/mol. The van der Waals surface area contributed by atoms with Crippen molar-refractivity contribution < 1.29 is 9.47 Å². The van der Waals surface area contributed by atoms with Gasteiger partial charge in [0.2, 0.25) is 0 Å². The summed E-state index contributed by atoms with van der Waals surface area (Å²) in [6, 6.07) is 36.3. The Hall–Kier alpha value is -7.56. The van der Waals surface area contributed by atoms with Crippen LogP contribution in [-0.2, 0) is 34.4 Å². The normalized spacial score (nSPS) is 11.4. The van der Waals surface area contributed by atoms with Crippen molar-refractivity contribution in [3.63, 3.8) is 0 Å². The zero-order valence-corrected chi connectivity index (χ0v) is 29.3. The highest BCUT2D eigenvalue weighted by molar-refractivity contribution is 5.80. The van der Waals surface area contributed by atoms with Gasteiger partial charge >= 0.3 is 12.0 Å². The number of fused-ring (bicyclic) bond motifs is 4. The van der Waals surface area contributed by atoms with Crippen LogP contribution in [0.2, 0.25) is 0 Å². The van der Waals surface area contributed by atoms with Crippen molar-refractivity contribution in [2.45, 2.75) is 13.2 Å². The summed E-state index contributed by atoms with van der Waals surface area (Å²) in [4.78, 5) is 18.5. The monoisotopic (exact) mass is 717 g/mol. The molecule has 0 spiro atoms. The molecule has 17 heteroatoms. The van der Waals surface area contributed by atoms with E-state index in [0.29, 0.717) is 30.5 Å². The summed E-state index contributed by atoms with van der Waals surface area (Å²) >= 11 is 0. The Bertz CT molecular complexity index is 2920. The maximum Gasteiger partial charge on any atom is 0.305 e. The molecular weight excluding hydrogens is 687 g/mol. The minimum absolute atomic E-state index is 0.278. The van der Waals surface area contributed by atoms with Crippen molar-refractivity contribution in [1.82, 2.24) is 74.1 Å². The molecule has 0 bridgehead atoms. The maximum absolute atomic E-state index is 6.06. The molecule has 0 fully saturated rings. The summed E-state index contributed by atoms with van der Waals surface area (Å²) in [6.07, 6.45) is 0. The summed E-state index contributed by atoms with van der Waals surface area (Å²) in [5.41, 5.74) is 7.11. The van der Waals surface area contributed by atoms with Gasteiger partial charge in [-0.25, -0.2) is 28.5 Å². The number of para-hydroxylation sites is 7. The molecule has 0 saturated carbocycles. The highest BCUT2D eigenvalue weighted by atomic mass is 16.5. The third-order valence-corrected chi connectivity index (χ3v) is 8.87. The fourth-order valence-electron chi connectivity index (χ4n) is 6.20. The molecule has 0 radical (unpaired) electrons. The van der Waals surface area contributed by atoms with E-state index in [1.54, 1.807) is 32.6 Å². The zero-order valence-electron chi connectivity index (χ0n) is 29.3. The van der Waals surface area contributed by atoms with Crippen molar-refractivity contribution in [2.24, 2.45) is 21.1 Å². The van der Waals surface area contributed by atoms with Gasteiger partial charge < -0.3 is 14.0 Å². The molecule has 0 aliphatic carbocycles. The third-order valence-electron chi connectivity index (χ3n) is 8.87. The molecule has 4 aromatic carbocycles. The first-order valence-electron chi connectivity index (χ1n) is 16.9. The molecule has 0 aliphatic heterocycles. The Morgan fingerprint density at radius 2 is 0.981 bits per heavy atom. The van der Waals surface area contributed by atoms with Crippen LogP contribution >= 0.6 is 0 Å². The van der Waals surface area contributed by atoms with Gasteiger partial charge in [0.1, 0.15) is 19.0 Å². The summed E-state index contributed by atoms with van der Waals surface area (Å²) in [7, 11) is 5.53. The number of nitrogens with zero attached hydrogens (tertiary/aromatic N) is 15. The number of imidazole rings is 3. The molecule has 10 aromatic rings. The molecule has 10 rings (SSSR count). The van der Waals surface area contributed by atoms with Crippen LogP contribution < -0.4 is 9.47 Å². The lowest BCUT2D eigenvalue weighted by atomic mass is 10.2. The number of tetrazole rings is 2. The van der Waals surface area contributed by atoms with E-state index in [1.807, 2.05) is 121 Å². The number of pyridine rings is 1.